The van der Waals surface area contributed by atoms with E-state index in [0.29, 0.717) is 30.9 Å². The predicted octanol–water partition coefficient (Wildman–Crippen LogP) is 2.37. The van der Waals surface area contributed by atoms with E-state index in [4.69, 9.17) is 10.5 Å². The number of fused-ring (bicyclic) bond motifs is 1. The van der Waals surface area contributed by atoms with E-state index in [1.54, 1.807) is 18.8 Å². The summed E-state index contributed by atoms with van der Waals surface area (Å²) in [6, 6.07) is 5.69. The molecule has 3 heterocycles. The minimum Gasteiger partial charge on any atom is -0.488 e. The normalized spacial score (nSPS) is 25.5. The Labute approximate surface area is 221 Å². The Hall–Kier alpha value is -2.98. The van der Waals surface area contributed by atoms with Gasteiger partial charge in [-0.1, -0.05) is 25.0 Å². The van der Waals surface area contributed by atoms with Crippen molar-refractivity contribution in [3.63, 3.8) is 0 Å². The van der Waals surface area contributed by atoms with Crippen molar-refractivity contribution in [3.05, 3.63) is 45.9 Å². The lowest BCUT2D eigenvalue weighted by molar-refractivity contribution is -0.145. The summed E-state index contributed by atoms with van der Waals surface area (Å²) in [7, 11) is 1.64. The SMILES string of the molecule is CNC(=O)[C@H]1CCCC[C@H]1C(=O)N1CCc2cccc(OC3CCN(C(=O)c4cncs4)C3)c2[C@H]1CN. The number of rotatable bonds is 6. The molecule has 3 aliphatic rings. The van der Waals surface area contributed by atoms with Crippen molar-refractivity contribution in [2.24, 2.45) is 17.6 Å². The molecule has 2 aliphatic heterocycles. The van der Waals surface area contributed by atoms with Gasteiger partial charge in [0.25, 0.3) is 5.91 Å². The highest BCUT2D eigenvalue weighted by molar-refractivity contribution is 7.11. The molecule has 0 radical (unpaired) electrons. The van der Waals surface area contributed by atoms with E-state index in [9.17, 15) is 14.4 Å². The first-order chi connectivity index (χ1) is 18.0. The molecule has 1 unspecified atom stereocenters. The maximum absolute atomic E-state index is 13.9. The lowest BCUT2D eigenvalue weighted by Gasteiger charge is -2.41. The molecule has 1 aromatic heterocycles. The van der Waals surface area contributed by atoms with Crippen LogP contribution in [-0.2, 0) is 16.0 Å². The van der Waals surface area contributed by atoms with Crippen molar-refractivity contribution in [2.75, 3.05) is 33.2 Å². The van der Waals surface area contributed by atoms with Crippen LogP contribution in [0.25, 0.3) is 0 Å². The number of aromatic nitrogens is 1. The Morgan fingerprint density at radius 1 is 1.16 bits per heavy atom. The number of likely N-dealkylation sites (tertiary alicyclic amines) is 1. The smallest absolute Gasteiger partial charge is 0.265 e. The number of nitrogens with zero attached hydrogens (tertiary/aromatic N) is 3. The van der Waals surface area contributed by atoms with Gasteiger partial charge in [-0.3, -0.25) is 19.4 Å². The van der Waals surface area contributed by atoms with E-state index >= 15 is 0 Å². The molecular weight excluding hydrogens is 490 g/mol. The molecule has 37 heavy (non-hydrogen) atoms. The Kier molecular flexibility index (Phi) is 7.76. The van der Waals surface area contributed by atoms with E-state index in [2.05, 4.69) is 16.4 Å². The Bertz CT molecular complexity index is 1140. The van der Waals surface area contributed by atoms with E-state index in [-0.39, 0.29) is 48.2 Å². The quantitative estimate of drug-likeness (QED) is 0.598. The number of carbonyl (C=O) groups is 3. The van der Waals surface area contributed by atoms with Crippen LogP contribution in [0.2, 0.25) is 0 Å². The van der Waals surface area contributed by atoms with Gasteiger partial charge >= 0.3 is 0 Å². The van der Waals surface area contributed by atoms with Crippen LogP contribution in [-0.4, -0.2) is 71.8 Å². The highest BCUT2D eigenvalue weighted by Crippen LogP contribution is 2.40. The monoisotopic (exact) mass is 525 g/mol. The Balaban J connectivity index is 1.34. The Morgan fingerprint density at radius 2 is 1.97 bits per heavy atom. The second-order valence-electron chi connectivity index (χ2n) is 10.1. The molecule has 3 N–H and O–H groups in total. The van der Waals surface area contributed by atoms with E-state index in [0.717, 1.165) is 49.0 Å². The lowest BCUT2D eigenvalue weighted by atomic mass is 9.77. The van der Waals surface area contributed by atoms with Gasteiger partial charge in [-0.25, -0.2) is 0 Å². The van der Waals surface area contributed by atoms with Crippen molar-refractivity contribution in [1.82, 2.24) is 20.1 Å². The molecule has 1 aromatic carbocycles. The minimum absolute atomic E-state index is 0.0153. The summed E-state index contributed by atoms with van der Waals surface area (Å²) in [6.07, 6.45) is 6.30. The molecule has 10 heteroatoms. The average Bonchev–Trinajstić information content (AvgIpc) is 3.64. The number of nitrogens with one attached hydrogen (secondary N) is 1. The molecule has 198 valence electrons. The van der Waals surface area contributed by atoms with Gasteiger partial charge in [-0.2, -0.15) is 0 Å². The van der Waals surface area contributed by atoms with Gasteiger partial charge in [0.2, 0.25) is 11.8 Å². The molecule has 5 rings (SSSR count). The summed E-state index contributed by atoms with van der Waals surface area (Å²) in [6.45, 7) is 1.99. The molecule has 2 fully saturated rings. The zero-order valence-corrected chi connectivity index (χ0v) is 22.0. The van der Waals surface area contributed by atoms with Gasteiger partial charge in [-0.05, 0) is 30.9 Å². The maximum atomic E-state index is 13.9. The number of benzene rings is 1. The summed E-state index contributed by atoms with van der Waals surface area (Å²) in [4.78, 5) is 47.5. The third kappa shape index (κ3) is 5.09. The fraction of sp³-hybridized carbons (Fsp3) is 0.556. The maximum Gasteiger partial charge on any atom is 0.265 e. The van der Waals surface area contributed by atoms with Crippen LogP contribution in [0.3, 0.4) is 0 Å². The largest absolute Gasteiger partial charge is 0.488 e. The second-order valence-corrected chi connectivity index (χ2v) is 11.0. The number of hydrogen-bond donors (Lipinski definition) is 2. The minimum atomic E-state index is -0.321. The molecular formula is C27H35N5O4S. The van der Waals surface area contributed by atoms with Gasteiger partial charge in [0.05, 0.1) is 24.3 Å². The van der Waals surface area contributed by atoms with Crippen LogP contribution in [0.15, 0.2) is 29.9 Å². The summed E-state index contributed by atoms with van der Waals surface area (Å²) in [5.41, 5.74) is 10.1. The average molecular weight is 526 g/mol. The third-order valence-electron chi connectivity index (χ3n) is 8.03. The van der Waals surface area contributed by atoms with Crippen molar-refractivity contribution in [1.29, 1.82) is 0 Å². The first-order valence-corrected chi connectivity index (χ1v) is 14.1. The fourth-order valence-electron chi connectivity index (χ4n) is 6.15. The van der Waals surface area contributed by atoms with Crippen LogP contribution >= 0.6 is 11.3 Å². The van der Waals surface area contributed by atoms with Gasteiger partial charge in [0.15, 0.2) is 0 Å². The van der Waals surface area contributed by atoms with Crippen LogP contribution in [0, 0.1) is 11.8 Å². The fourth-order valence-corrected chi connectivity index (χ4v) is 6.74. The molecule has 4 atom stereocenters. The van der Waals surface area contributed by atoms with Crippen LogP contribution in [0.1, 0.15) is 58.9 Å². The third-order valence-corrected chi connectivity index (χ3v) is 8.79. The number of nitrogens with two attached hydrogens (primary N) is 1. The molecule has 0 bridgehead atoms. The number of thiazole rings is 1. The molecule has 0 spiro atoms. The van der Waals surface area contributed by atoms with Crippen molar-refractivity contribution in [3.8, 4) is 5.75 Å². The summed E-state index contributed by atoms with van der Waals surface area (Å²) >= 11 is 1.34. The standard InChI is InChI=1S/C27H35N5O4S/c1-29-25(33)19-6-2-3-7-20(19)26(34)32-12-9-17-5-4-8-22(24(17)21(32)13-28)36-18-10-11-31(15-18)27(35)23-14-30-16-37-23/h4-5,8,14,16,18-21H,2-3,6-7,9-13,15,28H2,1H3,(H,29,33)/t18?,19-,20+,21+/m0/s1. The molecule has 1 saturated carbocycles. The van der Waals surface area contributed by atoms with Gasteiger partial charge in [0.1, 0.15) is 16.7 Å². The second kappa shape index (κ2) is 11.2. The molecule has 9 nitrogen and oxygen atoms in total. The number of amides is 3. The highest BCUT2D eigenvalue weighted by Gasteiger charge is 2.41. The molecule has 1 saturated heterocycles. The van der Waals surface area contributed by atoms with Crippen LogP contribution in [0.5, 0.6) is 5.75 Å². The number of ether oxygens (including phenoxy) is 1. The molecule has 3 amide bonds. The number of carbonyl (C=O) groups excluding carboxylic acids is 3. The lowest BCUT2D eigenvalue weighted by Crippen LogP contribution is -2.49. The van der Waals surface area contributed by atoms with Gasteiger partial charge in [0, 0.05) is 50.5 Å². The van der Waals surface area contributed by atoms with Crippen molar-refractivity contribution in [2.45, 2.75) is 50.7 Å². The van der Waals surface area contributed by atoms with E-state index < -0.39 is 0 Å². The zero-order chi connectivity index (χ0) is 25.9. The van der Waals surface area contributed by atoms with Gasteiger partial charge < -0.3 is 25.6 Å². The van der Waals surface area contributed by atoms with Crippen molar-refractivity contribution >= 4 is 29.1 Å². The van der Waals surface area contributed by atoms with Gasteiger partial charge in [-0.15, -0.1) is 11.3 Å². The summed E-state index contributed by atoms with van der Waals surface area (Å²) in [5.74, 6) is 0.0676. The highest BCUT2D eigenvalue weighted by atomic mass is 32.1. The summed E-state index contributed by atoms with van der Waals surface area (Å²) < 4.78 is 6.49. The summed E-state index contributed by atoms with van der Waals surface area (Å²) in [5, 5.41) is 2.75. The molecule has 1 aliphatic carbocycles. The van der Waals surface area contributed by atoms with E-state index in [1.807, 2.05) is 21.9 Å². The molecule has 2 aromatic rings. The van der Waals surface area contributed by atoms with Crippen molar-refractivity contribution < 1.29 is 19.1 Å². The number of hydrogen-bond acceptors (Lipinski definition) is 7. The predicted molar refractivity (Wildman–Crippen MR) is 140 cm³/mol. The Morgan fingerprint density at radius 3 is 2.70 bits per heavy atom. The zero-order valence-electron chi connectivity index (χ0n) is 21.2. The van der Waals surface area contributed by atoms with Crippen LogP contribution < -0.4 is 15.8 Å². The van der Waals surface area contributed by atoms with Crippen LogP contribution in [0.4, 0.5) is 0 Å². The topological polar surface area (TPSA) is 118 Å². The first-order valence-electron chi connectivity index (χ1n) is 13.2. The van der Waals surface area contributed by atoms with E-state index in [1.165, 1.54) is 11.3 Å². The first kappa shape index (κ1) is 25.7.